The SMILES string of the molecule is CCOC(=O)c1cc(COc2nc(-c3ccc(N4CCOCC4)cc3)cc(-c3c(C)noc3C)c2C#N)on1. The number of benzene rings is 1. The number of hydrogen-bond acceptors (Lipinski definition) is 11. The Bertz CT molecular complexity index is 1490. The van der Waals surface area contributed by atoms with Crippen LogP contribution in [-0.4, -0.2) is 54.2 Å². The number of pyridine rings is 1. The van der Waals surface area contributed by atoms with Gasteiger partial charge in [-0.15, -0.1) is 0 Å². The lowest BCUT2D eigenvalue weighted by molar-refractivity contribution is 0.0514. The van der Waals surface area contributed by atoms with Crippen LogP contribution in [0.4, 0.5) is 5.69 Å². The predicted octanol–water partition coefficient (Wildman–Crippen LogP) is 4.47. The van der Waals surface area contributed by atoms with Gasteiger partial charge in [0.2, 0.25) is 5.88 Å². The molecule has 1 saturated heterocycles. The van der Waals surface area contributed by atoms with E-state index in [1.807, 2.05) is 37.3 Å². The number of aryl methyl sites for hydroxylation is 2. The number of nitriles is 1. The lowest BCUT2D eigenvalue weighted by Crippen LogP contribution is -2.36. The first kappa shape index (κ1) is 25.9. The van der Waals surface area contributed by atoms with Crippen molar-refractivity contribution in [2.45, 2.75) is 27.4 Å². The number of esters is 1. The van der Waals surface area contributed by atoms with E-state index in [1.54, 1.807) is 13.8 Å². The third-order valence-corrected chi connectivity index (χ3v) is 6.33. The summed E-state index contributed by atoms with van der Waals surface area (Å²) in [4.78, 5) is 18.9. The number of morpholine rings is 1. The minimum Gasteiger partial charge on any atom is -0.468 e. The van der Waals surface area contributed by atoms with Crippen LogP contribution >= 0.6 is 0 Å². The van der Waals surface area contributed by atoms with Crippen molar-refractivity contribution in [1.29, 1.82) is 5.26 Å². The van der Waals surface area contributed by atoms with Crippen LogP contribution in [0.2, 0.25) is 0 Å². The Labute approximate surface area is 224 Å². The van der Waals surface area contributed by atoms with Crippen LogP contribution in [0.5, 0.6) is 5.88 Å². The summed E-state index contributed by atoms with van der Waals surface area (Å²) in [5, 5.41) is 17.9. The maximum absolute atomic E-state index is 11.9. The van der Waals surface area contributed by atoms with Crippen molar-refractivity contribution >= 4 is 11.7 Å². The molecule has 0 saturated carbocycles. The fourth-order valence-electron chi connectivity index (χ4n) is 4.43. The zero-order valence-corrected chi connectivity index (χ0v) is 21.9. The normalized spacial score (nSPS) is 13.2. The highest BCUT2D eigenvalue weighted by atomic mass is 16.5. The molecule has 3 aromatic heterocycles. The Hall–Kier alpha value is -4.69. The number of carbonyl (C=O) groups is 1. The van der Waals surface area contributed by atoms with Gasteiger partial charge in [0.15, 0.2) is 18.1 Å². The van der Waals surface area contributed by atoms with Crippen LogP contribution in [0.3, 0.4) is 0 Å². The maximum atomic E-state index is 11.9. The van der Waals surface area contributed by atoms with Crippen molar-refractivity contribution in [3.05, 3.63) is 64.9 Å². The van der Waals surface area contributed by atoms with E-state index in [9.17, 15) is 10.1 Å². The van der Waals surface area contributed by atoms with E-state index in [0.29, 0.717) is 41.5 Å². The van der Waals surface area contributed by atoms with Crippen LogP contribution in [0, 0.1) is 25.2 Å². The quantitative estimate of drug-likeness (QED) is 0.299. The maximum Gasteiger partial charge on any atom is 0.360 e. The number of ether oxygens (including phenoxy) is 3. The molecule has 4 heterocycles. The van der Waals surface area contributed by atoms with Crippen molar-refractivity contribution in [2.75, 3.05) is 37.8 Å². The second-order valence-electron chi connectivity index (χ2n) is 8.88. The lowest BCUT2D eigenvalue weighted by atomic mass is 9.97. The summed E-state index contributed by atoms with van der Waals surface area (Å²) in [7, 11) is 0. The minimum atomic E-state index is -0.591. The predicted molar refractivity (Wildman–Crippen MR) is 139 cm³/mol. The molecule has 0 atom stereocenters. The molecule has 0 aliphatic carbocycles. The Morgan fingerprint density at radius 2 is 1.87 bits per heavy atom. The topological polar surface area (TPSA) is 137 Å². The van der Waals surface area contributed by atoms with E-state index in [2.05, 4.69) is 26.3 Å². The van der Waals surface area contributed by atoms with E-state index in [0.717, 1.165) is 24.3 Å². The van der Waals surface area contributed by atoms with Crippen LogP contribution < -0.4 is 9.64 Å². The molecule has 39 heavy (non-hydrogen) atoms. The van der Waals surface area contributed by atoms with Crippen molar-refractivity contribution in [1.82, 2.24) is 15.3 Å². The summed E-state index contributed by atoms with van der Waals surface area (Å²) in [6.07, 6.45) is 0. The van der Waals surface area contributed by atoms with E-state index in [-0.39, 0.29) is 36.1 Å². The molecule has 0 radical (unpaired) electrons. The van der Waals surface area contributed by atoms with E-state index < -0.39 is 5.97 Å². The van der Waals surface area contributed by atoms with Gasteiger partial charge in [-0.25, -0.2) is 9.78 Å². The summed E-state index contributed by atoms with van der Waals surface area (Å²) in [6, 6.07) is 13.6. The first-order valence-corrected chi connectivity index (χ1v) is 12.6. The van der Waals surface area contributed by atoms with Gasteiger partial charge in [-0.2, -0.15) is 5.26 Å². The highest BCUT2D eigenvalue weighted by molar-refractivity contribution is 5.87. The van der Waals surface area contributed by atoms with Crippen LogP contribution in [-0.2, 0) is 16.1 Å². The van der Waals surface area contributed by atoms with Crippen molar-refractivity contribution in [3.8, 4) is 34.3 Å². The molecule has 11 nitrogen and oxygen atoms in total. The van der Waals surface area contributed by atoms with Crippen LogP contribution in [0.25, 0.3) is 22.4 Å². The average molecular weight is 530 g/mol. The Morgan fingerprint density at radius 1 is 1.10 bits per heavy atom. The van der Waals surface area contributed by atoms with E-state index in [4.69, 9.17) is 23.3 Å². The van der Waals surface area contributed by atoms with Gasteiger partial charge in [-0.1, -0.05) is 22.4 Å². The zero-order chi connectivity index (χ0) is 27.4. The van der Waals surface area contributed by atoms with Gasteiger partial charge in [0.25, 0.3) is 0 Å². The minimum absolute atomic E-state index is 0.0365. The van der Waals surface area contributed by atoms with Gasteiger partial charge in [0, 0.05) is 41.5 Å². The molecule has 0 N–H and O–H groups in total. The number of anilines is 1. The molecule has 1 aliphatic heterocycles. The third kappa shape index (κ3) is 5.46. The molecule has 11 heteroatoms. The Morgan fingerprint density at radius 3 is 2.54 bits per heavy atom. The van der Waals surface area contributed by atoms with Crippen LogP contribution in [0.15, 0.2) is 45.4 Å². The molecular formula is C28H27N5O6. The fourth-order valence-corrected chi connectivity index (χ4v) is 4.43. The average Bonchev–Trinajstić information content (AvgIpc) is 3.58. The summed E-state index contributed by atoms with van der Waals surface area (Å²) in [5.74, 6) is 0.370. The molecule has 0 spiro atoms. The first-order valence-electron chi connectivity index (χ1n) is 12.6. The number of aromatic nitrogens is 3. The van der Waals surface area contributed by atoms with Crippen molar-refractivity contribution < 1.29 is 28.1 Å². The summed E-state index contributed by atoms with van der Waals surface area (Å²) in [6.45, 7) is 8.50. The van der Waals surface area contributed by atoms with Gasteiger partial charge >= 0.3 is 5.97 Å². The standard InChI is InChI=1S/C28H27N5O6/c1-4-36-28(34)25-13-21(39-32-25)16-37-27-23(15-29)22(26-17(2)31-38-18(26)3)14-24(30-27)19-5-7-20(8-6-19)33-9-11-35-12-10-33/h5-8,13-14H,4,9-12,16H2,1-3H3. The molecular weight excluding hydrogens is 502 g/mol. The Balaban J connectivity index is 1.51. The zero-order valence-electron chi connectivity index (χ0n) is 21.9. The largest absolute Gasteiger partial charge is 0.468 e. The van der Waals surface area contributed by atoms with Gasteiger partial charge in [-0.05, 0) is 39.0 Å². The van der Waals surface area contributed by atoms with Crippen LogP contribution in [0.1, 0.15) is 40.2 Å². The monoisotopic (exact) mass is 529 g/mol. The first-order chi connectivity index (χ1) is 19.0. The molecule has 4 aromatic rings. The number of nitrogens with zero attached hydrogens (tertiary/aromatic N) is 5. The number of carbonyl (C=O) groups excluding carboxylic acids is 1. The molecule has 0 amide bonds. The summed E-state index contributed by atoms with van der Waals surface area (Å²) >= 11 is 0. The number of hydrogen-bond donors (Lipinski definition) is 0. The van der Waals surface area contributed by atoms with E-state index in [1.165, 1.54) is 6.07 Å². The van der Waals surface area contributed by atoms with Crippen molar-refractivity contribution in [3.63, 3.8) is 0 Å². The second kappa shape index (κ2) is 11.4. The molecule has 1 fully saturated rings. The third-order valence-electron chi connectivity index (χ3n) is 6.33. The number of rotatable bonds is 8. The highest BCUT2D eigenvalue weighted by Crippen LogP contribution is 2.37. The van der Waals surface area contributed by atoms with Gasteiger partial charge in [0.1, 0.15) is 17.4 Å². The summed E-state index contributed by atoms with van der Waals surface area (Å²) in [5.41, 5.74) is 4.75. The summed E-state index contributed by atoms with van der Waals surface area (Å²) < 4.78 is 27.0. The van der Waals surface area contributed by atoms with Gasteiger partial charge in [0.05, 0.1) is 31.2 Å². The lowest BCUT2D eigenvalue weighted by Gasteiger charge is -2.28. The Kier molecular flexibility index (Phi) is 7.56. The highest BCUT2D eigenvalue weighted by Gasteiger charge is 2.23. The van der Waals surface area contributed by atoms with Gasteiger partial charge in [-0.3, -0.25) is 0 Å². The molecule has 200 valence electrons. The molecule has 1 aromatic carbocycles. The molecule has 0 bridgehead atoms. The molecule has 5 rings (SSSR count). The smallest absolute Gasteiger partial charge is 0.360 e. The van der Waals surface area contributed by atoms with E-state index >= 15 is 0 Å². The molecule has 1 aliphatic rings. The van der Waals surface area contributed by atoms with Crippen molar-refractivity contribution in [2.24, 2.45) is 0 Å². The van der Waals surface area contributed by atoms with Gasteiger partial charge < -0.3 is 28.2 Å². The fraction of sp³-hybridized carbons (Fsp3) is 0.321. The second-order valence-corrected chi connectivity index (χ2v) is 8.88. The molecule has 0 unspecified atom stereocenters.